The highest BCUT2D eigenvalue weighted by molar-refractivity contribution is 4.81. The maximum atomic E-state index is 10.0. The van der Waals surface area contributed by atoms with Crippen LogP contribution in [0.2, 0.25) is 0 Å². The lowest BCUT2D eigenvalue weighted by atomic mass is 9.97. The number of aliphatic hydroxyl groups is 1. The summed E-state index contributed by atoms with van der Waals surface area (Å²) in [4.78, 5) is 0. The van der Waals surface area contributed by atoms with Crippen molar-refractivity contribution in [2.75, 3.05) is 19.8 Å². The van der Waals surface area contributed by atoms with E-state index in [1.807, 2.05) is 6.92 Å². The molecule has 1 aliphatic heterocycles. The van der Waals surface area contributed by atoms with Crippen LogP contribution in [0.1, 0.15) is 40.0 Å². The molecule has 15 heavy (non-hydrogen) atoms. The third-order valence-electron chi connectivity index (χ3n) is 3.27. The van der Waals surface area contributed by atoms with Gasteiger partial charge in [0.1, 0.15) is 0 Å². The molecule has 3 atom stereocenters. The summed E-state index contributed by atoms with van der Waals surface area (Å²) in [5.74, 6) is 0.613. The average Bonchev–Trinajstić information content (AvgIpc) is 2.67. The van der Waals surface area contributed by atoms with E-state index in [1.54, 1.807) is 0 Å². The van der Waals surface area contributed by atoms with Crippen molar-refractivity contribution < 1.29 is 9.84 Å². The molecule has 90 valence electrons. The summed E-state index contributed by atoms with van der Waals surface area (Å²) < 4.78 is 5.36. The summed E-state index contributed by atoms with van der Waals surface area (Å²) in [6.07, 6.45) is 3.02. The van der Waals surface area contributed by atoms with Gasteiger partial charge >= 0.3 is 0 Å². The maximum Gasteiger partial charge on any atom is 0.0743 e. The Kier molecular flexibility index (Phi) is 5.03. The van der Waals surface area contributed by atoms with Crippen LogP contribution in [0.4, 0.5) is 0 Å². The Morgan fingerprint density at radius 1 is 1.60 bits per heavy atom. The van der Waals surface area contributed by atoms with Gasteiger partial charge in [0.25, 0.3) is 0 Å². The normalized spacial score (nSPS) is 27.6. The second-order valence-corrected chi connectivity index (χ2v) is 5.04. The molecule has 1 aliphatic rings. The van der Waals surface area contributed by atoms with E-state index < -0.39 is 5.60 Å². The van der Waals surface area contributed by atoms with Crippen LogP contribution in [-0.4, -0.2) is 36.5 Å². The highest BCUT2D eigenvalue weighted by Gasteiger charge is 2.25. The summed E-state index contributed by atoms with van der Waals surface area (Å²) >= 11 is 0. The van der Waals surface area contributed by atoms with E-state index in [4.69, 9.17) is 4.74 Å². The third kappa shape index (κ3) is 4.49. The highest BCUT2D eigenvalue weighted by Crippen LogP contribution is 2.17. The van der Waals surface area contributed by atoms with Gasteiger partial charge in [-0.25, -0.2) is 0 Å². The Morgan fingerprint density at radius 2 is 2.33 bits per heavy atom. The zero-order chi connectivity index (χ0) is 11.3. The van der Waals surface area contributed by atoms with Crippen LogP contribution in [0, 0.1) is 5.92 Å². The van der Waals surface area contributed by atoms with Crippen molar-refractivity contribution in [2.45, 2.75) is 51.7 Å². The van der Waals surface area contributed by atoms with E-state index in [0.717, 1.165) is 32.5 Å². The molecule has 0 saturated carbocycles. The van der Waals surface area contributed by atoms with Crippen LogP contribution in [0.15, 0.2) is 0 Å². The van der Waals surface area contributed by atoms with Gasteiger partial charge in [-0.15, -0.1) is 0 Å². The van der Waals surface area contributed by atoms with E-state index in [9.17, 15) is 5.11 Å². The van der Waals surface area contributed by atoms with Crippen LogP contribution < -0.4 is 5.32 Å². The van der Waals surface area contributed by atoms with Crippen molar-refractivity contribution in [3.8, 4) is 0 Å². The predicted octanol–water partition coefficient (Wildman–Crippen LogP) is 1.55. The van der Waals surface area contributed by atoms with E-state index in [0.29, 0.717) is 18.5 Å². The van der Waals surface area contributed by atoms with Crippen molar-refractivity contribution in [1.29, 1.82) is 0 Å². The van der Waals surface area contributed by atoms with Gasteiger partial charge in [-0.3, -0.25) is 0 Å². The summed E-state index contributed by atoms with van der Waals surface area (Å²) in [5, 5.41) is 13.4. The molecule has 1 fully saturated rings. The minimum absolute atomic E-state index is 0.441. The van der Waals surface area contributed by atoms with E-state index in [2.05, 4.69) is 19.2 Å². The first kappa shape index (κ1) is 12.9. The predicted molar refractivity (Wildman–Crippen MR) is 61.9 cm³/mol. The van der Waals surface area contributed by atoms with Gasteiger partial charge in [0, 0.05) is 19.2 Å². The lowest BCUT2D eigenvalue weighted by Gasteiger charge is -2.27. The van der Waals surface area contributed by atoms with Crippen molar-refractivity contribution in [1.82, 2.24) is 5.32 Å². The number of hydrogen-bond donors (Lipinski definition) is 2. The monoisotopic (exact) mass is 215 g/mol. The van der Waals surface area contributed by atoms with Crippen molar-refractivity contribution in [3.05, 3.63) is 0 Å². The molecule has 3 heteroatoms. The van der Waals surface area contributed by atoms with Crippen LogP contribution >= 0.6 is 0 Å². The van der Waals surface area contributed by atoms with E-state index >= 15 is 0 Å². The summed E-state index contributed by atoms with van der Waals surface area (Å²) in [6.45, 7) is 8.62. The van der Waals surface area contributed by atoms with Gasteiger partial charge in [0.05, 0.1) is 12.2 Å². The van der Waals surface area contributed by atoms with Crippen LogP contribution in [-0.2, 0) is 4.74 Å². The zero-order valence-corrected chi connectivity index (χ0v) is 10.3. The van der Waals surface area contributed by atoms with Gasteiger partial charge in [-0.05, 0) is 32.6 Å². The largest absolute Gasteiger partial charge is 0.389 e. The van der Waals surface area contributed by atoms with Crippen LogP contribution in [0.5, 0.6) is 0 Å². The topological polar surface area (TPSA) is 41.5 Å². The Morgan fingerprint density at radius 3 is 2.87 bits per heavy atom. The molecule has 3 unspecified atom stereocenters. The first-order valence-electron chi connectivity index (χ1n) is 6.08. The molecule has 0 aromatic carbocycles. The van der Waals surface area contributed by atoms with Gasteiger partial charge in [0.15, 0.2) is 0 Å². The first-order valence-corrected chi connectivity index (χ1v) is 6.08. The summed E-state index contributed by atoms with van der Waals surface area (Å²) in [5.41, 5.74) is -0.567. The molecule has 1 heterocycles. The molecule has 0 aromatic heterocycles. The minimum Gasteiger partial charge on any atom is -0.389 e. The fourth-order valence-corrected chi connectivity index (χ4v) is 2.12. The Hall–Kier alpha value is -0.120. The Balaban J connectivity index is 2.23. The molecule has 3 nitrogen and oxygen atoms in total. The van der Waals surface area contributed by atoms with Crippen molar-refractivity contribution in [2.24, 2.45) is 5.92 Å². The highest BCUT2D eigenvalue weighted by atomic mass is 16.5. The molecule has 0 radical (unpaired) electrons. The molecule has 0 amide bonds. The Labute approximate surface area is 93.2 Å². The quantitative estimate of drug-likeness (QED) is 0.706. The SMILES string of the molecule is CCCC(C)(O)CNC(C)C1CCOC1. The third-order valence-corrected chi connectivity index (χ3v) is 3.27. The molecule has 0 aromatic rings. The van der Waals surface area contributed by atoms with E-state index in [-0.39, 0.29) is 0 Å². The molecular weight excluding hydrogens is 190 g/mol. The lowest BCUT2D eigenvalue weighted by Crippen LogP contribution is -2.44. The number of ether oxygens (including phenoxy) is 1. The maximum absolute atomic E-state index is 10.0. The van der Waals surface area contributed by atoms with Crippen LogP contribution in [0.25, 0.3) is 0 Å². The molecule has 1 saturated heterocycles. The van der Waals surface area contributed by atoms with E-state index in [1.165, 1.54) is 0 Å². The second-order valence-electron chi connectivity index (χ2n) is 5.04. The molecule has 1 rings (SSSR count). The van der Waals surface area contributed by atoms with Gasteiger partial charge in [-0.1, -0.05) is 13.3 Å². The first-order chi connectivity index (χ1) is 7.05. The molecular formula is C12H25NO2. The fraction of sp³-hybridized carbons (Fsp3) is 1.00. The molecule has 0 spiro atoms. The van der Waals surface area contributed by atoms with Crippen LogP contribution in [0.3, 0.4) is 0 Å². The minimum atomic E-state index is -0.567. The summed E-state index contributed by atoms with van der Waals surface area (Å²) in [7, 11) is 0. The number of hydrogen-bond acceptors (Lipinski definition) is 3. The standard InChI is InChI=1S/C12H25NO2/c1-4-6-12(3,14)9-13-10(2)11-5-7-15-8-11/h10-11,13-14H,4-9H2,1-3H3. The van der Waals surface area contributed by atoms with Gasteiger partial charge < -0.3 is 15.2 Å². The molecule has 0 bridgehead atoms. The lowest BCUT2D eigenvalue weighted by molar-refractivity contribution is 0.0451. The van der Waals surface area contributed by atoms with Crippen molar-refractivity contribution >= 4 is 0 Å². The second kappa shape index (κ2) is 5.83. The molecule has 2 N–H and O–H groups in total. The number of rotatable bonds is 6. The smallest absolute Gasteiger partial charge is 0.0743 e. The summed E-state index contributed by atoms with van der Waals surface area (Å²) in [6, 6.07) is 0.441. The number of nitrogens with one attached hydrogen (secondary N) is 1. The molecule has 0 aliphatic carbocycles. The fourth-order valence-electron chi connectivity index (χ4n) is 2.12. The average molecular weight is 215 g/mol. The van der Waals surface area contributed by atoms with Gasteiger partial charge in [0.2, 0.25) is 0 Å². The van der Waals surface area contributed by atoms with Crippen molar-refractivity contribution in [3.63, 3.8) is 0 Å². The Bertz CT molecular complexity index is 176. The van der Waals surface area contributed by atoms with Gasteiger partial charge in [-0.2, -0.15) is 0 Å². The zero-order valence-electron chi connectivity index (χ0n) is 10.3.